The summed E-state index contributed by atoms with van der Waals surface area (Å²) in [6, 6.07) is 28.6. The minimum atomic E-state index is -0.594. The minimum Gasteiger partial charge on any atom is -0.370 e. The standard InChI is InChI=1S/C37H30Cl2N12O2S2/c38-26-5-1-3-22(12-26)32-46-34(42)50-36(48-32)54-18-30(52)44-28-9-7-20(24(14-28)16-40)11-21-8-10-29(15-25(21)17-41)45-31(53)19-55-37-49-33(47-35(43)51-37)23-4-2-6-27(39)13-23/h1-10,12-15,32-33H,11,18-19H2,(H,44,52)(H,45,53)(H3,42,46,48,50)(H3,43,47,49,51)/t32-,33-/m1/s1. The van der Waals surface area contributed by atoms with Crippen LogP contribution in [0.2, 0.25) is 10.0 Å². The lowest BCUT2D eigenvalue weighted by Crippen LogP contribution is -2.39. The predicted octanol–water partition coefficient (Wildman–Crippen LogP) is 5.62. The highest BCUT2D eigenvalue weighted by Gasteiger charge is 2.20. The van der Waals surface area contributed by atoms with Crippen LogP contribution in [0.1, 0.15) is 45.7 Å². The molecule has 0 fully saturated rings. The number of benzene rings is 4. The number of nitrogens with one attached hydrogen (secondary N) is 4. The van der Waals surface area contributed by atoms with Gasteiger partial charge in [0.1, 0.15) is 0 Å². The number of rotatable bonds is 10. The first-order valence-electron chi connectivity index (χ1n) is 16.3. The quantitative estimate of drug-likeness (QED) is 0.116. The Kier molecular flexibility index (Phi) is 12.6. The molecule has 2 atom stereocenters. The second kappa shape index (κ2) is 17.9. The Bertz CT molecular complexity index is 2210. The molecule has 0 spiro atoms. The fourth-order valence-electron chi connectivity index (χ4n) is 5.36. The molecule has 8 N–H and O–H groups in total. The number of aliphatic imine (C=N–C) groups is 4. The van der Waals surface area contributed by atoms with Gasteiger partial charge in [0.2, 0.25) is 11.8 Å². The fourth-order valence-corrected chi connectivity index (χ4v) is 7.14. The number of hydrogen-bond acceptors (Lipinski definition) is 14. The first kappa shape index (κ1) is 38.7. The molecule has 276 valence electrons. The average Bonchev–Trinajstić information content (AvgIpc) is 3.17. The van der Waals surface area contributed by atoms with E-state index in [0.29, 0.717) is 54.0 Å². The molecule has 2 heterocycles. The van der Waals surface area contributed by atoms with Gasteiger partial charge >= 0.3 is 0 Å². The van der Waals surface area contributed by atoms with Gasteiger partial charge in [0, 0.05) is 27.8 Å². The van der Waals surface area contributed by atoms with Crippen LogP contribution in [0.4, 0.5) is 11.4 Å². The molecule has 2 aliphatic heterocycles. The third-order valence-corrected chi connectivity index (χ3v) is 10.1. The van der Waals surface area contributed by atoms with Gasteiger partial charge in [-0.3, -0.25) is 9.59 Å². The van der Waals surface area contributed by atoms with E-state index in [4.69, 9.17) is 34.7 Å². The third-order valence-electron chi connectivity index (χ3n) is 7.85. The SMILES string of the molecule is N#Cc1cc(NC(=O)CSC2=N[C@H](c3cccc(Cl)c3)N=C(N)N2)ccc1Cc1ccc(NC(=O)CSC2=N[C@H](c3cccc(Cl)c3)N=C(N)N2)cc1C#N. The molecule has 2 aliphatic rings. The second-order valence-electron chi connectivity index (χ2n) is 11.8. The molecule has 2 amide bonds. The maximum Gasteiger partial charge on any atom is 0.234 e. The summed E-state index contributed by atoms with van der Waals surface area (Å²) in [5.74, 6) is -0.287. The first-order valence-corrected chi connectivity index (χ1v) is 19.1. The Morgan fingerprint density at radius 3 is 1.51 bits per heavy atom. The van der Waals surface area contributed by atoms with E-state index in [0.717, 1.165) is 34.7 Å². The molecule has 0 saturated carbocycles. The lowest BCUT2D eigenvalue weighted by atomic mass is 9.96. The van der Waals surface area contributed by atoms with Gasteiger partial charge in [-0.1, -0.05) is 83.1 Å². The summed E-state index contributed by atoms with van der Waals surface area (Å²) in [6.45, 7) is 0. The summed E-state index contributed by atoms with van der Waals surface area (Å²) in [5.41, 5.74) is 16.3. The number of nitriles is 2. The van der Waals surface area contributed by atoms with Crippen LogP contribution in [0.5, 0.6) is 0 Å². The monoisotopic (exact) mass is 808 g/mol. The lowest BCUT2D eigenvalue weighted by Gasteiger charge is -2.19. The average molecular weight is 810 g/mol. The molecule has 4 aromatic rings. The Hall–Kier alpha value is -6.04. The van der Waals surface area contributed by atoms with Crippen LogP contribution in [0.15, 0.2) is 105 Å². The number of carbonyl (C=O) groups is 2. The molecular weight excluding hydrogens is 780 g/mol. The van der Waals surface area contributed by atoms with Gasteiger partial charge in [0.25, 0.3) is 0 Å². The zero-order chi connectivity index (χ0) is 38.9. The van der Waals surface area contributed by atoms with Crippen LogP contribution in [-0.4, -0.2) is 45.6 Å². The maximum absolute atomic E-state index is 12.8. The molecule has 18 heteroatoms. The Morgan fingerprint density at radius 1 is 0.673 bits per heavy atom. The topological polar surface area (TPSA) is 231 Å². The normalized spacial score (nSPS) is 16.1. The Labute approximate surface area is 334 Å². The van der Waals surface area contributed by atoms with Crippen molar-refractivity contribution in [2.24, 2.45) is 31.4 Å². The van der Waals surface area contributed by atoms with Gasteiger partial charge < -0.3 is 32.7 Å². The van der Waals surface area contributed by atoms with Gasteiger partial charge in [0.05, 0.1) is 34.8 Å². The van der Waals surface area contributed by atoms with Gasteiger partial charge in [-0.25, -0.2) is 20.0 Å². The molecule has 4 aromatic carbocycles. The number of hydrogen-bond donors (Lipinski definition) is 6. The highest BCUT2D eigenvalue weighted by molar-refractivity contribution is 8.14. The molecule has 55 heavy (non-hydrogen) atoms. The second-order valence-corrected chi connectivity index (χ2v) is 14.6. The van der Waals surface area contributed by atoms with Crippen molar-refractivity contribution in [2.45, 2.75) is 18.8 Å². The van der Waals surface area contributed by atoms with E-state index in [9.17, 15) is 20.1 Å². The van der Waals surface area contributed by atoms with E-state index < -0.39 is 12.3 Å². The van der Waals surface area contributed by atoms with Crippen molar-refractivity contribution in [3.05, 3.63) is 128 Å². The number of anilines is 2. The van der Waals surface area contributed by atoms with Crippen LogP contribution in [0, 0.1) is 22.7 Å². The van der Waals surface area contributed by atoms with Crippen molar-refractivity contribution in [1.82, 2.24) is 10.6 Å². The summed E-state index contributed by atoms with van der Waals surface area (Å²) in [5, 5.41) is 33.2. The number of halogens is 2. The summed E-state index contributed by atoms with van der Waals surface area (Å²) in [4.78, 5) is 43.4. The van der Waals surface area contributed by atoms with E-state index in [1.54, 1.807) is 72.8 Å². The van der Waals surface area contributed by atoms with Crippen LogP contribution < -0.4 is 32.7 Å². The van der Waals surface area contributed by atoms with Gasteiger partial charge in [-0.2, -0.15) is 10.5 Å². The van der Waals surface area contributed by atoms with Crippen molar-refractivity contribution in [2.75, 3.05) is 22.1 Å². The molecule has 6 rings (SSSR count). The molecule has 0 aliphatic carbocycles. The van der Waals surface area contributed by atoms with E-state index in [2.05, 4.69) is 53.4 Å². The number of amidine groups is 2. The Morgan fingerprint density at radius 2 is 1.11 bits per heavy atom. The van der Waals surface area contributed by atoms with E-state index in [-0.39, 0.29) is 41.7 Å². The van der Waals surface area contributed by atoms with E-state index in [1.165, 1.54) is 0 Å². The van der Waals surface area contributed by atoms with E-state index >= 15 is 0 Å². The van der Waals surface area contributed by atoms with Gasteiger partial charge in [-0.05, 0) is 70.8 Å². The molecular formula is C37H30Cl2N12O2S2. The predicted molar refractivity (Wildman–Crippen MR) is 220 cm³/mol. The number of amides is 2. The highest BCUT2D eigenvalue weighted by Crippen LogP contribution is 2.28. The number of nitrogens with zero attached hydrogens (tertiary/aromatic N) is 6. The van der Waals surface area contributed by atoms with Crippen LogP contribution in [0.3, 0.4) is 0 Å². The molecule has 0 aromatic heterocycles. The lowest BCUT2D eigenvalue weighted by molar-refractivity contribution is -0.114. The minimum absolute atomic E-state index is 0.0116. The van der Waals surface area contributed by atoms with E-state index in [1.807, 2.05) is 12.1 Å². The highest BCUT2D eigenvalue weighted by atomic mass is 35.5. The van der Waals surface area contributed by atoms with Gasteiger partial charge in [0.15, 0.2) is 34.6 Å². The van der Waals surface area contributed by atoms with Crippen molar-refractivity contribution >= 4 is 92.2 Å². The number of carbonyl (C=O) groups excluding carboxylic acids is 2. The smallest absolute Gasteiger partial charge is 0.234 e. The maximum atomic E-state index is 12.8. The zero-order valence-electron chi connectivity index (χ0n) is 28.6. The molecule has 0 unspecified atom stereocenters. The Balaban J connectivity index is 1.03. The van der Waals surface area contributed by atoms with Crippen LogP contribution >= 0.6 is 46.7 Å². The first-order chi connectivity index (χ1) is 26.5. The van der Waals surface area contributed by atoms with Crippen molar-refractivity contribution in [1.29, 1.82) is 10.5 Å². The largest absolute Gasteiger partial charge is 0.370 e. The third kappa shape index (κ3) is 10.6. The van der Waals surface area contributed by atoms with Crippen LogP contribution in [-0.2, 0) is 16.0 Å². The summed E-state index contributed by atoms with van der Waals surface area (Å²) < 4.78 is 0. The molecule has 0 bridgehead atoms. The number of nitrogens with two attached hydrogens (primary N) is 2. The van der Waals surface area contributed by atoms with Crippen molar-refractivity contribution in [3.63, 3.8) is 0 Å². The number of thioether (sulfide) groups is 2. The van der Waals surface area contributed by atoms with Crippen molar-refractivity contribution < 1.29 is 9.59 Å². The zero-order valence-corrected chi connectivity index (χ0v) is 31.7. The van der Waals surface area contributed by atoms with Crippen molar-refractivity contribution in [3.8, 4) is 12.1 Å². The molecule has 0 saturated heterocycles. The summed E-state index contributed by atoms with van der Waals surface area (Å²) >= 11 is 14.5. The van der Waals surface area contributed by atoms with Gasteiger partial charge in [-0.15, -0.1) is 0 Å². The molecule has 0 radical (unpaired) electrons. The number of guanidine groups is 2. The summed E-state index contributed by atoms with van der Waals surface area (Å²) in [7, 11) is 0. The molecule has 14 nitrogen and oxygen atoms in total. The van der Waals surface area contributed by atoms with Crippen LogP contribution in [0.25, 0.3) is 0 Å². The fraction of sp³-hybridized carbons (Fsp3) is 0.135. The summed E-state index contributed by atoms with van der Waals surface area (Å²) in [6.07, 6.45) is -0.919.